The fraction of sp³-hybridized carbons (Fsp3) is 0.473. The van der Waals surface area contributed by atoms with Crippen LogP contribution in [0.15, 0.2) is 95.2 Å². The summed E-state index contributed by atoms with van der Waals surface area (Å²) in [6.07, 6.45) is 7.63. The number of hydrogen-bond acceptors (Lipinski definition) is 11. The van der Waals surface area contributed by atoms with E-state index in [0.717, 1.165) is 87.3 Å². The Morgan fingerprint density at radius 1 is 1.01 bits per heavy atom. The summed E-state index contributed by atoms with van der Waals surface area (Å²) in [6.45, 7) is 14.3. The summed E-state index contributed by atoms with van der Waals surface area (Å²) in [4.78, 5) is 59.2. The lowest BCUT2D eigenvalue weighted by Gasteiger charge is -2.40. The molecule has 0 aliphatic carbocycles. The maximum atomic E-state index is 14.8. The molecule has 0 spiro atoms. The molecule has 0 saturated carbocycles. The number of rotatable bonds is 12. The molecule has 2 fully saturated rings. The number of fused-ring (bicyclic) bond motifs is 6. The van der Waals surface area contributed by atoms with Gasteiger partial charge in [0, 0.05) is 67.4 Å². The smallest absolute Gasteiger partial charge is 0.324 e. The lowest BCUT2D eigenvalue weighted by molar-refractivity contribution is -0.155. The van der Waals surface area contributed by atoms with E-state index in [-0.39, 0.29) is 36.7 Å². The number of likely N-dealkylation sites (tertiary alicyclic amines) is 1. The molecule has 14 heteroatoms. The normalized spacial score (nSPS) is 20.4. The van der Waals surface area contributed by atoms with Gasteiger partial charge in [-0.05, 0) is 128 Å². The Labute approximate surface area is 406 Å². The molecule has 2 amide bonds. The van der Waals surface area contributed by atoms with Gasteiger partial charge >= 0.3 is 5.97 Å². The van der Waals surface area contributed by atoms with Crippen molar-refractivity contribution < 1.29 is 28.6 Å². The number of nitrogens with one attached hydrogen (secondary N) is 2. The van der Waals surface area contributed by atoms with Gasteiger partial charge in [0.1, 0.15) is 17.8 Å². The van der Waals surface area contributed by atoms with Crippen molar-refractivity contribution in [3.8, 4) is 28.1 Å². The van der Waals surface area contributed by atoms with Crippen molar-refractivity contribution >= 4 is 40.4 Å². The van der Waals surface area contributed by atoms with Crippen LogP contribution >= 0.6 is 0 Å². The molecule has 5 heterocycles. The number of hydrogen-bond donors (Lipinski definition) is 2. The molecule has 3 aliphatic rings. The van der Waals surface area contributed by atoms with Crippen LogP contribution in [0.25, 0.3) is 33.3 Å². The van der Waals surface area contributed by atoms with Gasteiger partial charge in [-0.3, -0.25) is 29.3 Å². The Balaban J connectivity index is 1.11. The Morgan fingerprint density at radius 2 is 1.81 bits per heavy atom. The molecule has 5 aromatic rings. The van der Waals surface area contributed by atoms with Gasteiger partial charge < -0.3 is 24.1 Å². The summed E-state index contributed by atoms with van der Waals surface area (Å²) >= 11 is 0. The number of aliphatic imine (C=N–C) groups is 2. The number of methoxy groups -OCH3 is 2. The summed E-state index contributed by atoms with van der Waals surface area (Å²) < 4.78 is 19.4. The Bertz CT molecular complexity index is 2690. The first-order valence-electron chi connectivity index (χ1n) is 24.6. The first kappa shape index (κ1) is 49.2. The Hall–Kier alpha value is -6.18. The van der Waals surface area contributed by atoms with E-state index in [4.69, 9.17) is 14.2 Å². The average Bonchev–Trinajstić information content (AvgIpc) is 3.65. The molecule has 2 aromatic heterocycles. The Kier molecular flexibility index (Phi) is 15.7. The van der Waals surface area contributed by atoms with Crippen molar-refractivity contribution in [3.05, 3.63) is 102 Å². The molecule has 2 saturated heterocycles. The molecule has 8 rings (SSSR count). The number of esters is 1. The van der Waals surface area contributed by atoms with Crippen LogP contribution in [0.2, 0.25) is 0 Å². The number of carbonyl (C=O) groups excluding carboxylic acids is 3. The second-order valence-electron chi connectivity index (χ2n) is 19.9. The average molecular weight is 937 g/mol. The number of nitrogens with zero attached hydrogens (tertiary/aromatic N) is 6. The van der Waals surface area contributed by atoms with E-state index in [1.165, 1.54) is 5.01 Å². The fourth-order valence-electron chi connectivity index (χ4n) is 10.4. The third-order valence-corrected chi connectivity index (χ3v) is 13.8. The predicted octanol–water partition coefficient (Wildman–Crippen LogP) is 8.44. The third kappa shape index (κ3) is 11.5. The van der Waals surface area contributed by atoms with Crippen LogP contribution in [0.3, 0.4) is 0 Å². The lowest BCUT2D eigenvalue weighted by Crippen LogP contribution is -2.62. The number of carbonyl (C=O) groups is 3. The Morgan fingerprint density at radius 3 is 2.58 bits per heavy atom. The number of aromatic nitrogens is 2. The summed E-state index contributed by atoms with van der Waals surface area (Å²) in [5, 5.41) is 5.89. The maximum absolute atomic E-state index is 14.8. The second kappa shape index (κ2) is 22.1. The molecule has 4 atom stereocenters. The van der Waals surface area contributed by atoms with E-state index in [1.807, 2.05) is 48.7 Å². The third-order valence-electron chi connectivity index (χ3n) is 13.8. The standard InChI is InChI=1S/C55H68N8O6/c1-8-62-49-21-16-40-28-44(49)45(51(62)46-31-56-23-22-41(46)33-67-6)29-55(4,5)34-69-54(66)47-15-11-25-63(60-47)53(65)48(27-37-12-9-14-39(40)26-37)59-52(64)50(36(2)3)61-24-10-13-38(32-61)30-57-35-58-42-17-19-43(68-7)20-18-42/h9,12,14,16-23,26,28,31,36,38,47-48,50,60H,8,10-11,13,15,24-25,27,29-30,32-34H2,1-7H3,(H,59,64)/t38?,47-,48-,50-/m0/s1. The van der Waals surface area contributed by atoms with Crippen LogP contribution in [-0.4, -0.2) is 108 Å². The van der Waals surface area contributed by atoms with Crippen molar-refractivity contribution in [1.29, 1.82) is 0 Å². The molecular weight excluding hydrogens is 869 g/mol. The van der Waals surface area contributed by atoms with Crippen molar-refractivity contribution in [2.45, 2.75) is 104 Å². The van der Waals surface area contributed by atoms with Crippen LogP contribution in [0.5, 0.6) is 5.75 Å². The van der Waals surface area contributed by atoms with E-state index in [0.29, 0.717) is 45.5 Å². The molecule has 69 heavy (non-hydrogen) atoms. The number of pyridine rings is 1. The van der Waals surface area contributed by atoms with Gasteiger partial charge in [0.05, 0.1) is 50.3 Å². The lowest BCUT2D eigenvalue weighted by atomic mass is 9.84. The van der Waals surface area contributed by atoms with Crippen LogP contribution in [0.1, 0.15) is 77.0 Å². The number of aryl methyl sites for hydroxylation is 1. The topological polar surface area (TPSA) is 152 Å². The molecule has 6 bridgehead atoms. The molecule has 0 radical (unpaired) electrons. The number of amides is 2. The van der Waals surface area contributed by atoms with Crippen LogP contribution in [0, 0.1) is 17.3 Å². The van der Waals surface area contributed by atoms with Crippen LogP contribution < -0.4 is 15.5 Å². The molecule has 364 valence electrons. The first-order valence-corrected chi connectivity index (χ1v) is 24.6. The first-order chi connectivity index (χ1) is 33.4. The van der Waals surface area contributed by atoms with E-state index >= 15 is 0 Å². The zero-order chi connectivity index (χ0) is 48.7. The molecule has 14 nitrogen and oxygen atoms in total. The van der Waals surface area contributed by atoms with Crippen molar-refractivity contribution in [1.82, 2.24) is 30.2 Å². The molecule has 1 unspecified atom stereocenters. The van der Waals surface area contributed by atoms with Gasteiger partial charge in [0.2, 0.25) is 5.91 Å². The van der Waals surface area contributed by atoms with Crippen molar-refractivity contribution in [3.63, 3.8) is 0 Å². The highest BCUT2D eigenvalue weighted by molar-refractivity contribution is 5.95. The minimum Gasteiger partial charge on any atom is -0.497 e. The number of ether oxygens (including phenoxy) is 3. The summed E-state index contributed by atoms with van der Waals surface area (Å²) in [5.41, 5.74) is 11.8. The van der Waals surface area contributed by atoms with Gasteiger partial charge in [-0.1, -0.05) is 58.0 Å². The minimum absolute atomic E-state index is 0.0364. The van der Waals surface area contributed by atoms with Crippen LogP contribution in [-0.2, 0) is 49.9 Å². The van der Waals surface area contributed by atoms with Crippen molar-refractivity contribution in [2.75, 3.05) is 47.0 Å². The fourth-order valence-corrected chi connectivity index (χ4v) is 10.4. The quantitative estimate of drug-likeness (QED) is 0.0928. The zero-order valence-electron chi connectivity index (χ0n) is 41.3. The molecule has 3 aliphatic heterocycles. The highest BCUT2D eigenvalue weighted by Gasteiger charge is 2.38. The van der Waals surface area contributed by atoms with E-state index in [9.17, 15) is 14.4 Å². The predicted molar refractivity (Wildman–Crippen MR) is 269 cm³/mol. The molecule has 3 aromatic carbocycles. The van der Waals surface area contributed by atoms with Gasteiger partial charge in [0.15, 0.2) is 0 Å². The maximum Gasteiger partial charge on any atom is 0.324 e. The van der Waals surface area contributed by atoms with E-state index in [1.54, 1.807) is 20.4 Å². The summed E-state index contributed by atoms with van der Waals surface area (Å²) in [7, 11) is 3.34. The highest BCUT2D eigenvalue weighted by atomic mass is 16.5. The number of hydrazine groups is 1. The summed E-state index contributed by atoms with van der Waals surface area (Å²) in [6, 6.07) is 25.1. The van der Waals surface area contributed by atoms with Gasteiger partial charge in [-0.25, -0.2) is 10.4 Å². The monoisotopic (exact) mass is 937 g/mol. The second-order valence-corrected chi connectivity index (χ2v) is 19.9. The zero-order valence-corrected chi connectivity index (χ0v) is 41.3. The number of benzene rings is 3. The van der Waals surface area contributed by atoms with Gasteiger partial charge in [0.25, 0.3) is 5.91 Å². The SMILES string of the molecule is CCn1c(-c2cnccc2COC)c2c3cc(ccc31)-c1cccc(c1)C[C@H](NC(=O)[C@H](C(C)C)N1CCCC(CN=C=Nc3ccc(OC)cc3)C1)C(=O)N1CCC[C@H](N1)C(=O)OCC(C)(C)C2. The number of piperidine rings is 1. The van der Waals surface area contributed by atoms with Crippen molar-refractivity contribution in [2.24, 2.45) is 27.2 Å². The molecular formula is C55H68N8O6. The molecule has 2 N–H and O–H groups in total. The van der Waals surface area contributed by atoms with E-state index < -0.39 is 29.5 Å². The van der Waals surface area contributed by atoms with E-state index in [2.05, 4.69) is 106 Å². The van der Waals surface area contributed by atoms with Gasteiger partial charge in [-0.15, -0.1) is 0 Å². The summed E-state index contributed by atoms with van der Waals surface area (Å²) in [5.74, 6) is 0.0522. The highest BCUT2D eigenvalue weighted by Crippen LogP contribution is 2.41. The van der Waals surface area contributed by atoms with Gasteiger partial charge in [-0.2, -0.15) is 4.99 Å². The largest absolute Gasteiger partial charge is 0.497 e. The van der Waals surface area contributed by atoms with Crippen LogP contribution in [0.4, 0.5) is 5.69 Å². The minimum atomic E-state index is -0.913. The number of cyclic esters (lactones) is 1.